The van der Waals surface area contributed by atoms with Crippen molar-refractivity contribution < 1.29 is 23.2 Å². The van der Waals surface area contributed by atoms with E-state index in [9.17, 15) is 14.0 Å². The number of carbonyl (C=O) groups is 2. The molecule has 1 aromatic heterocycles. The summed E-state index contributed by atoms with van der Waals surface area (Å²) in [6.07, 6.45) is 0.113. The summed E-state index contributed by atoms with van der Waals surface area (Å²) in [5, 5.41) is 6.77. The maximum atomic E-state index is 13.0. The molecule has 0 aliphatic heterocycles. The molecule has 0 aliphatic rings. The van der Waals surface area contributed by atoms with Crippen LogP contribution in [0.5, 0.6) is 0 Å². The zero-order valence-corrected chi connectivity index (χ0v) is 16.2. The van der Waals surface area contributed by atoms with Gasteiger partial charge in [-0.3, -0.25) is 9.59 Å². The lowest BCUT2D eigenvalue weighted by molar-refractivity contribution is -0.147. The maximum absolute atomic E-state index is 13.0. The summed E-state index contributed by atoms with van der Waals surface area (Å²) in [6, 6.07) is 10.8. The van der Waals surface area contributed by atoms with Crippen molar-refractivity contribution in [3.05, 3.63) is 64.8 Å². The van der Waals surface area contributed by atoms with Crippen LogP contribution in [0.25, 0.3) is 11.4 Å². The first-order chi connectivity index (χ1) is 13.9. The summed E-state index contributed by atoms with van der Waals surface area (Å²) in [6.45, 7) is 1.44. The van der Waals surface area contributed by atoms with E-state index in [1.165, 1.54) is 24.3 Å². The number of halogens is 2. The first-order valence-electron chi connectivity index (χ1n) is 8.71. The van der Waals surface area contributed by atoms with E-state index < -0.39 is 18.5 Å². The third kappa shape index (κ3) is 5.86. The molecule has 0 saturated carbocycles. The van der Waals surface area contributed by atoms with Crippen molar-refractivity contribution in [1.82, 2.24) is 10.1 Å². The SMILES string of the molecule is Cc1ccc(NC(=O)COC(=O)CCc2nc(-c3ccc(F)cc3)no2)c(Cl)c1. The fourth-order valence-electron chi connectivity index (χ4n) is 2.41. The summed E-state index contributed by atoms with van der Waals surface area (Å²) in [7, 11) is 0. The lowest BCUT2D eigenvalue weighted by atomic mass is 10.2. The Kier molecular flexibility index (Phi) is 6.56. The minimum Gasteiger partial charge on any atom is -0.456 e. The van der Waals surface area contributed by atoms with Gasteiger partial charge in [-0.1, -0.05) is 22.8 Å². The number of ether oxygens (including phenoxy) is 1. The molecule has 0 unspecified atom stereocenters. The van der Waals surface area contributed by atoms with Crippen LogP contribution in [0, 0.1) is 12.7 Å². The topological polar surface area (TPSA) is 94.3 Å². The van der Waals surface area contributed by atoms with Crippen molar-refractivity contribution in [2.45, 2.75) is 19.8 Å². The number of rotatable bonds is 7. The normalized spacial score (nSPS) is 10.6. The summed E-state index contributed by atoms with van der Waals surface area (Å²) < 4.78 is 23.0. The lowest BCUT2D eigenvalue weighted by Gasteiger charge is -2.08. The monoisotopic (exact) mass is 417 g/mol. The number of benzene rings is 2. The molecular weight excluding hydrogens is 401 g/mol. The van der Waals surface area contributed by atoms with Gasteiger partial charge in [0.2, 0.25) is 11.7 Å². The quantitative estimate of drug-likeness (QED) is 0.585. The minimum absolute atomic E-state index is 0.0381. The van der Waals surface area contributed by atoms with Crippen molar-refractivity contribution in [3.63, 3.8) is 0 Å². The average molecular weight is 418 g/mol. The van der Waals surface area contributed by atoms with E-state index in [1.807, 2.05) is 6.92 Å². The molecule has 0 atom stereocenters. The van der Waals surface area contributed by atoms with Gasteiger partial charge in [-0.05, 0) is 48.9 Å². The number of aryl methyl sites for hydroxylation is 2. The Morgan fingerprint density at radius 2 is 1.97 bits per heavy atom. The number of esters is 1. The average Bonchev–Trinajstić information content (AvgIpc) is 3.16. The molecule has 150 valence electrons. The molecular formula is C20H17ClFN3O4. The standard InChI is InChI=1S/C20H17ClFN3O4/c1-12-2-7-16(15(21)10-12)23-17(26)11-28-19(27)9-8-18-24-20(25-29-18)13-3-5-14(22)6-4-13/h2-7,10H,8-9,11H2,1H3,(H,23,26). The van der Waals surface area contributed by atoms with Crippen LogP contribution < -0.4 is 5.32 Å². The molecule has 3 rings (SSSR count). The van der Waals surface area contributed by atoms with E-state index in [0.717, 1.165) is 5.56 Å². The molecule has 0 fully saturated rings. The second-order valence-corrected chi connectivity index (χ2v) is 6.62. The van der Waals surface area contributed by atoms with E-state index in [0.29, 0.717) is 22.1 Å². The minimum atomic E-state index is -0.586. The molecule has 3 aromatic rings. The van der Waals surface area contributed by atoms with Crippen LogP contribution in [0.4, 0.5) is 10.1 Å². The second kappa shape index (κ2) is 9.29. The third-order valence-corrected chi connectivity index (χ3v) is 4.19. The fraction of sp³-hybridized carbons (Fsp3) is 0.200. The molecule has 0 aliphatic carbocycles. The highest BCUT2D eigenvalue weighted by Gasteiger charge is 2.13. The van der Waals surface area contributed by atoms with Crippen LogP contribution in [0.3, 0.4) is 0 Å². The number of nitrogens with zero attached hydrogens (tertiary/aromatic N) is 2. The van der Waals surface area contributed by atoms with E-state index in [1.54, 1.807) is 18.2 Å². The van der Waals surface area contributed by atoms with Gasteiger partial charge < -0.3 is 14.6 Å². The fourth-order valence-corrected chi connectivity index (χ4v) is 2.69. The summed E-state index contributed by atoms with van der Waals surface area (Å²) in [4.78, 5) is 27.9. The number of aromatic nitrogens is 2. The first kappa shape index (κ1) is 20.5. The van der Waals surface area contributed by atoms with Gasteiger partial charge in [0.05, 0.1) is 17.1 Å². The van der Waals surface area contributed by atoms with Gasteiger partial charge in [0.15, 0.2) is 6.61 Å². The van der Waals surface area contributed by atoms with Gasteiger partial charge in [-0.2, -0.15) is 4.98 Å². The Hall–Kier alpha value is -3.26. The second-order valence-electron chi connectivity index (χ2n) is 6.21. The van der Waals surface area contributed by atoms with Crippen LogP contribution in [0.2, 0.25) is 5.02 Å². The number of carbonyl (C=O) groups excluding carboxylic acids is 2. The highest BCUT2D eigenvalue weighted by Crippen LogP contribution is 2.22. The van der Waals surface area contributed by atoms with Crippen LogP contribution in [-0.4, -0.2) is 28.6 Å². The van der Waals surface area contributed by atoms with Crippen LogP contribution in [0.15, 0.2) is 47.0 Å². The third-order valence-electron chi connectivity index (χ3n) is 3.88. The van der Waals surface area contributed by atoms with Crippen LogP contribution in [0.1, 0.15) is 17.9 Å². The molecule has 9 heteroatoms. The van der Waals surface area contributed by atoms with Crippen molar-refractivity contribution in [3.8, 4) is 11.4 Å². The Morgan fingerprint density at radius 3 is 2.69 bits per heavy atom. The van der Waals surface area contributed by atoms with E-state index in [4.69, 9.17) is 20.9 Å². The summed E-state index contributed by atoms with van der Waals surface area (Å²) in [5.74, 6) is -0.925. The van der Waals surface area contributed by atoms with Crippen molar-refractivity contribution in [2.75, 3.05) is 11.9 Å². The molecule has 7 nitrogen and oxygen atoms in total. The predicted molar refractivity (Wildman–Crippen MR) is 104 cm³/mol. The van der Waals surface area contributed by atoms with Crippen molar-refractivity contribution in [1.29, 1.82) is 0 Å². The Morgan fingerprint density at radius 1 is 1.21 bits per heavy atom. The van der Waals surface area contributed by atoms with Crippen molar-refractivity contribution in [2.24, 2.45) is 0 Å². The molecule has 1 heterocycles. The van der Waals surface area contributed by atoms with E-state index in [2.05, 4.69) is 15.5 Å². The lowest BCUT2D eigenvalue weighted by Crippen LogP contribution is -2.21. The molecule has 0 bridgehead atoms. The molecule has 1 N–H and O–H groups in total. The molecule has 29 heavy (non-hydrogen) atoms. The van der Waals surface area contributed by atoms with E-state index >= 15 is 0 Å². The molecule has 1 amide bonds. The van der Waals surface area contributed by atoms with Gasteiger partial charge in [-0.15, -0.1) is 0 Å². The molecule has 0 spiro atoms. The molecule has 0 radical (unpaired) electrons. The highest BCUT2D eigenvalue weighted by molar-refractivity contribution is 6.33. The molecule has 0 saturated heterocycles. The number of hydrogen-bond acceptors (Lipinski definition) is 6. The van der Waals surface area contributed by atoms with Gasteiger partial charge in [0.25, 0.3) is 5.91 Å². The number of amides is 1. The largest absolute Gasteiger partial charge is 0.456 e. The summed E-state index contributed by atoms with van der Waals surface area (Å²) >= 11 is 6.04. The Bertz CT molecular complexity index is 1020. The Labute approximate surface area is 170 Å². The number of hydrogen-bond donors (Lipinski definition) is 1. The zero-order valence-electron chi connectivity index (χ0n) is 15.4. The van der Waals surface area contributed by atoms with Gasteiger partial charge in [0, 0.05) is 12.0 Å². The zero-order chi connectivity index (χ0) is 20.8. The number of nitrogens with one attached hydrogen (secondary N) is 1. The summed E-state index contributed by atoms with van der Waals surface area (Å²) in [5.41, 5.74) is 2.00. The van der Waals surface area contributed by atoms with Crippen LogP contribution >= 0.6 is 11.6 Å². The smallest absolute Gasteiger partial charge is 0.306 e. The van der Waals surface area contributed by atoms with Gasteiger partial charge >= 0.3 is 5.97 Å². The van der Waals surface area contributed by atoms with Crippen LogP contribution in [-0.2, 0) is 20.7 Å². The van der Waals surface area contributed by atoms with E-state index in [-0.39, 0.29) is 24.5 Å². The molecule has 2 aromatic carbocycles. The highest BCUT2D eigenvalue weighted by atomic mass is 35.5. The predicted octanol–water partition coefficient (Wildman–Crippen LogP) is 3.95. The maximum Gasteiger partial charge on any atom is 0.306 e. The number of anilines is 1. The Balaban J connectivity index is 1.44. The van der Waals surface area contributed by atoms with Crippen molar-refractivity contribution >= 4 is 29.2 Å². The van der Waals surface area contributed by atoms with Gasteiger partial charge in [-0.25, -0.2) is 4.39 Å². The first-order valence-corrected chi connectivity index (χ1v) is 9.08. The van der Waals surface area contributed by atoms with Gasteiger partial charge in [0.1, 0.15) is 5.82 Å².